The zero-order valence-electron chi connectivity index (χ0n) is 13.5. The molecule has 2 heteroatoms. The molecule has 2 aliphatic carbocycles. The molecule has 1 spiro atoms. The summed E-state index contributed by atoms with van der Waals surface area (Å²) in [5.41, 5.74) is 0.489. The molecule has 0 aromatic heterocycles. The molecule has 2 nitrogen and oxygen atoms in total. The van der Waals surface area contributed by atoms with Crippen molar-refractivity contribution in [2.75, 3.05) is 6.61 Å². The van der Waals surface area contributed by atoms with Crippen LogP contribution in [0.2, 0.25) is 0 Å². The maximum Gasteiger partial charge on any atom is 0.124 e. The number of hydrogen-bond donors (Lipinski definition) is 0. The van der Waals surface area contributed by atoms with Crippen LogP contribution in [0.5, 0.6) is 0 Å². The molecule has 4 unspecified atom stereocenters. The molecule has 0 aromatic carbocycles. The Kier molecular flexibility index (Phi) is 2.47. The fraction of sp³-hybridized carbons (Fsp3) is 0.889. The third kappa shape index (κ3) is 1.07. The Morgan fingerprint density at radius 2 is 1.95 bits per heavy atom. The van der Waals surface area contributed by atoms with Crippen LogP contribution in [-0.4, -0.2) is 24.4 Å². The maximum absolute atomic E-state index is 6.66. The summed E-state index contributed by atoms with van der Waals surface area (Å²) in [5.74, 6) is 1.92. The Morgan fingerprint density at radius 1 is 1.25 bits per heavy atom. The fourth-order valence-corrected chi connectivity index (χ4v) is 6.60. The molecule has 0 radical (unpaired) electrons. The predicted octanol–water partition coefficient (Wildman–Crippen LogP) is 3.81. The van der Waals surface area contributed by atoms with Crippen LogP contribution in [0.3, 0.4) is 0 Å². The van der Waals surface area contributed by atoms with E-state index in [0.717, 1.165) is 6.61 Å². The van der Waals surface area contributed by atoms with E-state index in [1.807, 2.05) is 0 Å². The molecule has 4 aliphatic rings. The smallest absolute Gasteiger partial charge is 0.124 e. The first kappa shape index (κ1) is 13.3. The van der Waals surface area contributed by atoms with E-state index in [-0.39, 0.29) is 22.5 Å². The minimum absolute atomic E-state index is 0.0117. The van der Waals surface area contributed by atoms with Gasteiger partial charge >= 0.3 is 0 Å². The molecule has 0 N–H and O–H groups in total. The number of hydrogen-bond acceptors (Lipinski definition) is 2. The van der Waals surface area contributed by atoms with Crippen LogP contribution in [0, 0.1) is 28.6 Å². The first-order valence-corrected chi connectivity index (χ1v) is 8.41. The summed E-state index contributed by atoms with van der Waals surface area (Å²) in [4.78, 5) is 0. The fourth-order valence-electron chi connectivity index (χ4n) is 6.60. The normalized spacial score (nSPS) is 63.5. The van der Waals surface area contributed by atoms with E-state index in [4.69, 9.17) is 9.47 Å². The van der Waals surface area contributed by atoms with Crippen molar-refractivity contribution in [3.8, 4) is 0 Å². The van der Waals surface area contributed by atoms with Gasteiger partial charge < -0.3 is 9.47 Å². The maximum atomic E-state index is 6.66. The third-order valence-corrected chi connectivity index (χ3v) is 8.00. The van der Waals surface area contributed by atoms with Crippen molar-refractivity contribution in [2.45, 2.75) is 65.3 Å². The highest BCUT2D eigenvalue weighted by Gasteiger charge is 2.82. The summed E-state index contributed by atoms with van der Waals surface area (Å²) in [6.07, 6.45) is 7.65. The molecule has 2 bridgehead atoms. The van der Waals surface area contributed by atoms with Gasteiger partial charge in [-0.2, -0.15) is 0 Å². The second-order valence-electron chi connectivity index (χ2n) is 7.96. The number of ether oxygens (including phenoxy) is 2. The number of rotatable bonds is 1. The first-order valence-electron chi connectivity index (χ1n) is 8.41. The molecule has 2 heterocycles. The highest BCUT2D eigenvalue weighted by atomic mass is 16.6. The van der Waals surface area contributed by atoms with E-state index in [1.165, 1.54) is 12.8 Å². The standard InChI is InChI=1S/C18H28O2/c1-6-17-11(2)8-7-9-14(17)20-15-12(3)13(4)16(17,5)18(15)10-19-18/h7,9,11-15H,6,8,10H2,1-5H3/t11?,12-,13-,14?,15?,16-,17?,18+/m1/s1. The summed E-state index contributed by atoms with van der Waals surface area (Å²) in [6.45, 7) is 13.1. The van der Waals surface area contributed by atoms with Crippen LogP contribution < -0.4 is 0 Å². The van der Waals surface area contributed by atoms with Crippen molar-refractivity contribution in [3.63, 3.8) is 0 Å². The second kappa shape index (κ2) is 3.70. The molecule has 1 saturated carbocycles. The molecule has 112 valence electrons. The Hall–Kier alpha value is -0.340. The lowest BCUT2D eigenvalue weighted by molar-refractivity contribution is -0.224. The lowest BCUT2D eigenvalue weighted by Gasteiger charge is -2.61. The lowest BCUT2D eigenvalue weighted by Crippen LogP contribution is -2.65. The van der Waals surface area contributed by atoms with E-state index >= 15 is 0 Å². The quantitative estimate of drug-likeness (QED) is 0.536. The van der Waals surface area contributed by atoms with Crippen LogP contribution >= 0.6 is 0 Å². The Balaban J connectivity index is 1.95. The number of epoxide rings is 1. The second-order valence-corrected chi connectivity index (χ2v) is 7.96. The van der Waals surface area contributed by atoms with E-state index in [1.54, 1.807) is 0 Å². The van der Waals surface area contributed by atoms with Gasteiger partial charge in [-0.3, -0.25) is 0 Å². The minimum Gasteiger partial charge on any atom is -0.367 e. The van der Waals surface area contributed by atoms with Gasteiger partial charge in [-0.25, -0.2) is 0 Å². The molecule has 2 aliphatic heterocycles. The summed E-state index contributed by atoms with van der Waals surface area (Å²) in [6, 6.07) is 0. The van der Waals surface area contributed by atoms with Gasteiger partial charge in [0.2, 0.25) is 0 Å². The van der Waals surface area contributed by atoms with Crippen LogP contribution in [0.15, 0.2) is 12.2 Å². The average molecular weight is 276 g/mol. The largest absolute Gasteiger partial charge is 0.367 e. The van der Waals surface area contributed by atoms with Crippen LogP contribution in [-0.2, 0) is 9.47 Å². The molecular formula is C18H28O2. The molecule has 8 atom stereocenters. The zero-order valence-corrected chi connectivity index (χ0v) is 13.5. The SMILES string of the molecule is CCC12C(C)CC=CC1OC1[C@H](C)[C@@H](C)[C@@]2(C)[C@]12CO2. The van der Waals surface area contributed by atoms with Crippen molar-refractivity contribution in [2.24, 2.45) is 28.6 Å². The van der Waals surface area contributed by atoms with E-state index in [0.29, 0.717) is 23.9 Å². The Labute approximate surface area is 122 Å². The van der Waals surface area contributed by atoms with Gasteiger partial charge in [-0.15, -0.1) is 0 Å². The summed E-state index contributed by atoms with van der Waals surface area (Å²) in [5, 5.41) is 0. The molecule has 4 rings (SSSR count). The lowest BCUT2D eigenvalue weighted by atomic mass is 9.46. The van der Waals surface area contributed by atoms with Gasteiger partial charge in [0.15, 0.2) is 0 Å². The average Bonchev–Trinajstić information content (AvgIpc) is 3.21. The van der Waals surface area contributed by atoms with Crippen molar-refractivity contribution in [1.29, 1.82) is 0 Å². The first-order chi connectivity index (χ1) is 9.45. The van der Waals surface area contributed by atoms with E-state index < -0.39 is 0 Å². The van der Waals surface area contributed by atoms with Gasteiger partial charge in [0.05, 0.1) is 18.8 Å². The molecule has 20 heavy (non-hydrogen) atoms. The molecule has 0 amide bonds. The summed E-state index contributed by atoms with van der Waals surface area (Å²) >= 11 is 0. The molecular weight excluding hydrogens is 248 g/mol. The molecule has 2 saturated heterocycles. The number of allylic oxidation sites excluding steroid dienone is 1. The van der Waals surface area contributed by atoms with Gasteiger partial charge in [0.25, 0.3) is 0 Å². The van der Waals surface area contributed by atoms with Crippen molar-refractivity contribution >= 4 is 0 Å². The highest BCUT2D eigenvalue weighted by molar-refractivity contribution is 5.32. The van der Waals surface area contributed by atoms with Gasteiger partial charge in [0, 0.05) is 10.8 Å². The van der Waals surface area contributed by atoms with Gasteiger partial charge in [-0.1, -0.05) is 46.8 Å². The Morgan fingerprint density at radius 3 is 2.55 bits per heavy atom. The highest BCUT2D eigenvalue weighted by Crippen LogP contribution is 2.76. The third-order valence-electron chi connectivity index (χ3n) is 8.00. The molecule has 0 aromatic rings. The monoisotopic (exact) mass is 276 g/mol. The van der Waals surface area contributed by atoms with Crippen LogP contribution in [0.1, 0.15) is 47.5 Å². The van der Waals surface area contributed by atoms with E-state index in [9.17, 15) is 0 Å². The van der Waals surface area contributed by atoms with Crippen molar-refractivity contribution in [1.82, 2.24) is 0 Å². The molecule has 3 fully saturated rings. The van der Waals surface area contributed by atoms with Gasteiger partial charge in [-0.05, 0) is 30.6 Å². The van der Waals surface area contributed by atoms with Crippen molar-refractivity contribution in [3.05, 3.63) is 12.2 Å². The van der Waals surface area contributed by atoms with Crippen LogP contribution in [0.4, 0.5) is 0 Å². The predicted molar refractivity (Wildman–Crippen MR) is 79.4 cm³/mol. The topological polar surface area (TPSA) is 21.8 Å². The van der Waals surface area contributed by atoms with E-state index in [2.05, 4.69) is 46.8 Å². The number of fused-ring (bicyclic) bond motifs is 2. The summed E-state index contributed by atoms with van der Waals surface area (Å²) < 4.78 is 12.8. The Bertz CT molecular complexity index is 466. The summed E-state index contributed by atoms with van der Waals surface area (Å²) in [7, 11) is 0. The zero-order chi connectivity index (χ0) is 14.3. The van der Waals surface area contributed by atoms with Crippen molar-refractivity contribution < 1.29 is 9.47 Å². The van der Waals surface area contributed by atoms with Crippen LogP contribution in [0.25, 0.3) is 0 Å². The minimum atomic E-state index is 0.0117. The van der Waals surface area contributed by atoms with Gasteiger partial charge in [0.1, 0.15) is 5.60 Å².